The topological polar surface area (TPSA) is 78.9 Å². The lowest BCUT2D eigenvalue weighted by atomic mass is 10.1. The fourth-order valence-corrected chi connectivity index (χ4v) is 6.78. The zero-order valence-corrected chi connectivity index (χ0v) is 38.8. The second kappa shape index (κ2) is 47.8. The van der Waals surface area contributed by atoms with Gasteiger partial charge < -0.3 is 14.2 Å². The van der Waals surface area contributed by atoms with Crippen LogP contribution in [-0.2, 0) is 28.6 Å². The molecule has 0 aromatic heterocycles. The second-order valence-corrected chi connectivity index (χ2v) is 16.3. The molecule has 59 heavy (non-hydrogen) atoms. The molecule has 0 saturated heterocycles. The quantitative estimate of drug-likeness (QED) is 0.0263. The molecule has 0 rings (SSSR count). The summed E-state index contributed by atoms with van der Waals surface area (Å²) in [5, 5.41) is 0. The summed E-state index contributed by atoms with van der Waals surface area (Å²) in [7, 11) is 0. The number of carbonyl (C=O) groups is 3. The van der Waals surface area contributed by atoms with Crippen LogP contribution in [0.2, 0.25) is 0 Å². The molecule has 6 nitrogen and oxygen atoms in total. The lowest BCUT2D eigenvalue weighted by Gasteiger charge is -2.18. The van der Waals surface area contributed by atoms with E-state index in [-0.39, 0.29) is 31.1 Å². The molecule has 0 bridgehead atoms. The van der Waals surface area contributed by atoms with Crippen molar-refractivity contribution in [1.29, 1.82) is 0 Å². The van der Waals surface area contributed by atoms with E-state index in [1.165, 1.54) is 103 Å². The highest BCUT2D eigenvalue weighted by Gasteiger charge is 2.19. The molecule has 6 heteroatoms. The number of unbranched alkanes of at least 4 members (excludes halogenated alkanes) is 23. The van der Waals surface area contributed by atoms with E-state index in [1.807, 2.05) is 0 Å². The predicted octanol–water partition coefficient (Wildman–Crippen LogP) is 16.1. The molecule has 0 heterocycles. The van der Waals surface area contributed by atoms with Crippen LogP contribution in [0.25, 0.3) is 0 Å². The third kappa shape index (κ3) is 46.0. The lowest BCUT2D eigenvalue weighted by molar-refractivity contribution is -0.167. The number of ether oxygens (including phenoxy) is 3. The van der Waals surface area contributed by atoms with Crippen molar-refractivity contribution >= 4 is 17.9 Å². The second-order valence-electron chi connectivity index (χ2n) is 16.3. The summed E-state index contributed by atoms with van der Waals surface area (Å²) in [5.41, 5.74) is 0. The van der Waals surface area contributed by atoms with E-state index in [0.717, 1.165) is 96.3 Å². The Hall–Kier alpha value is -2.89. The maximum atomic E-state index is 12.7. The van der Waals surface area contributed by atoms with Crippen LogP contribution in [0.4, 0.5) is 0 Å². The summed E-state index contributed by atoms with van der Waals surface area (Å²) in [6, 6.07) is 0. The van der Waals surface area contributed by atoms with Crippen molar-refractivity contribution in [3.63, 3.8) is 0 Å². The molecule has 0 radical (unpaired) electrons. The summed E-state index contributed by atoms with van der Waals surface area (Å²) >= 11 is 0. The van der Waals surface area contributed by atoms with Gasteiger partial charge in [0.1, 0.15) is 13.2 Å². The van der Waals surface area contributed by atoms with Gasteiger partial charge in [0.05, 0.1) is 0 Å². The molecule has 0 saturated carbocycles. The van der Waals surface area contributed by atoms with Crippen molar-refractivity contribution in [1.82, 2.24) is 0 Å². The van der Waals surface area contributed by atoms with Crippen molar-refractivity contribution in [2.75, 3.05) is 13.2 Å². The molecule has 0 fully saturated rings. The summed E-state index contributed by atoms with van der Waals surface area (Å²) < 4.78 is 16.7. The molecular weight excluding hydrogens is 733 g/mol. The Balaban J connectivity index is 4.40. The SMILES string of the molecule is CC/C=C\C/C=C\C/C=C\CCCCCC(=O)OC(COC(=O)CCCCCCCCC/C=C\C/C=C\CCCCC)COC(=O)CCCCCCCCCCCCC. The molecule has 0 aromatic rings. The first-order valence-electron chi connectivity index (χ1n) is 24.8. The van der Waals surface area contributed by atoms with Crippen LogP contribution in [0.3, 0.4) is 0 Å². The zero-order chi connectivity index (χ0) is 43.0. The van der Waals surface area contributed by atoms with Gasteiger partial charge in [-0.25, -0.2) is 0 Å². The molecule has 340 valence electrons. The third-order valence-corrected chi connectivity index (χ3v) is 10.5. The smallest absolute Gasteiger partial charge is 0.306 e. The van der Waals surface area contributed by atoms with E-state index < -0.39 is 6.10 Å². The monoisotopic (exact) mass is 825 g/mol. The molecule has 0 aliphatic carbocycles. The fraction of sp³-hybridized carbons (Fsp3) is 0.755. The first kappa shape index (κ1) is 56.1. The highest BCUT2D eigenvalue weighted by atomic mass is 16.6. The van der Waals surface area contributed by atoms with E-state index in [2.05, 4.69) is 81.5 Å². The summed E-state index contributed by atoms with van der Waals surface area (Å²) in [4.78, 5) is 37.9. The largest absolute Gasteiger partial charge is 0.462 e. The minimum absolute atomic E-state index is 0.0873. The maximum Gasteiger partial charge on any atom is 0.306 e. The van der Waals surface area contributed by atoms with E-state index in [4.69, 9.17) is 14.2 Å². The van der Waals surface area contributed by atoms with Crippen LogP contribution in [0.5, 0.6) is 0 Å². The Kier molecular flexibility index (Phi) is 45.4. The van der Waals surface area contributed by atoms with Gasteiger partial charge in [-0.05, 0) is 83.5 Å². The van der Waals surface area contributed by atoms with Crippen LogP contribution in [0.15, 0.2) is 60.8 Å². The summed E-state index contributed by atoms with van der Waals surface area (Å²) in [6.07, 6.45) is 57.7. The Bertz CT molecular complexity index is 1090. The molecule has 0 amide bonds. The van der Waals surface area contributed by atoms with Crippen LogP contribution in [-0.4, -0.2) is 37.2 Å². The highest BCUT2D eigenvalue weighted by Crippen LogP contribution is 2.14. The maximum absolute atomic E-state index is 12.7. The summed E-state index contributed by atoms with van der Waals surface area (Å²) in [6.45, 7) is 6.46. The molecule has 0 aliphatic heterocycles. The molecule has 1 atom stereocenters. The first-order valence-corrected chi connectivity index (χ1v) is 24.8. The Morgan fingerprint density at radius 2 is 0.661 bits per heavy atom. The minimum Gasteiger partial charge on any atom is -0.462 e. The van der Waals surface area contributed by atoms with Crippen LogP contribution >= 0.6 is 0 Å². The molecule has 0 aliphatic rings. The number of allylic oxidation sites excluding steroid dienone is 10. The Labute approximate surface area is 364 Å². The average Bonchev–Trinajstić information content (AvgIpc) is 3.23. The number of hydrogen-bond donors (Lipinski definition) is 0. The van der Waals surface area contributed by atoms with Gasteiger partial charge in [0.15, 0.2) is 6.10 Å². The van der Waals surface area contributed by atoms with Gasteiger partial charge in [-0.1, -0.05) is 197 Å². The molecule has 0 N–H and O–H groups in total. The van der Waals surface area contributed by atoms with E-state index >= 15 is 0 Å². The summed E-state index contributed by atoms with van der Waals surface area (Å²) in [5.74, 6) is -0.924. The lowest BCUT2D eigenvalue weighted by Crippen LogP contribution is -2.30. The normalized spacial score (nSPS) is 12.5. The van der Waals surface area contributed by atoms with Crippen molar-refractivity contribution in [3.05, 3.63) is 60.8 Å². The van der Waals surface area contributed by atoms with Crippen molar-refractivity contribution < 1.29 is 28.6 Å². The van der Waals surface area contributed by atoms with Gasteiger partial charge in [-0.15, -0.1) is 0 Å². The fourth-order valence-electron chi connectivity index (χ4n) is 6.78. The zero-order valence-electron chi connectivity index (χ0n) is 38.8. The van der Waals surface area contributed by atoms with Crippen LogP contribution < -0.4 is 0 Å². The van der Waals surface area contributed by atoms with Gasteiger partial charge in [-0.2, -0.15) is 0 Å². The molecule has 0 aromatic carbocycles. The Morgan fingerprint density at radius 1 is 0.356 bits per heavy atom. The Morgan fingerprint density at radius 3 is 1.08 bits per heavy atom. The van der Waals surface area contributed by atoms with Gasteiger partial charge >= 0.3 is 17.9 Å². The predicted molar refractivity (Wildman–Crippen MR) is 251 cm³/mol. The van der Waals surface area contributed by atoms with Gasteiger partial charge in [0.25, 0.3) is 0 Å². The number of hydrogen-bond acceptors (Lipinski definition) is 6. The van der Waals surface area contributed by atoms with Crippen molar-refractivity contribution in [2.24, 2.45) is 0 Å². The molecule has 0 spiro atoms. The average molecular weight is 825 g/mol. The van der Waals surface area contributed by atoms with Gasteiger partial charge in [0, 0.05) is 19.3 Å². The van der Waals surface area contributed by atoms with E-state index in [9.17, 15) is 14.4 Å². The van der Waals surface area contributed by atoms with Crippen LogP contribution in [0, 0.1) is 0 Å². The van der Waals surface area contributed by atoms with E-state index in [0.29, 0.717) is 19.3 Å². The van der Waals surface area contributed by atoms with E-state index in [1.54, 1.807) is 0 Å². The molecule has 1 unspecified atom stereocenters. The molecular formula is C53H92O6. The number of rotatable bonds is 44. The highest BCUT2D eigenvalue weighted by molar-refractivity contribution is 5.71. The first-order chi connectivity index (χ1) is 29.0. The van der Waals surface area contributed by atoms with Crippen molar-refractivity contribution in [2.45, 2.75) is 245 Å². The minimum atomic E-state index is -0.789. The number of carbonyl (C=O) groups excluding carboxylic acids is 3. The van der Waals surface area contributed by atoms with Gasteiger partial charge in [-0.3, -0.25) is 14.4 Å². The van der Waals surface area contributed by atoms with Crippen molar-refractivity contribution in [3.8, 4) is 0 Å². The standard InChI is InChI=1S/C53H92O6/c1-4-7-10-13-16-19-22-24-25-26-27-29-31-34-37-40-43-46-52(55)58-49-50(48-57-51(54)45-42-39-36-33-30-21-18-15-12-9-6-3)59-53(56)47-44-41-38-35-32-28-23-20-17-14-11-8-5-2/h8,11,16-17,19-20,24-25,28,32,50H,4-7,9-10,12-15,18,21-23,26-27,29-31,33-49H2,1-3H3/b11-8-,19-16-,20-17-,25-24-,32-28-. The van der Waals surface area contributed by atoms with Crippen LogP contribution in [0.1, 0.15) is 239 Å². The number of esters is 3. The third-order valence-electron chi connectivity index (χ3n) is 10.5. The van der Waals surface area contributed by atoms with Gasteiger partial charge in [0.2, 0.25) is 0 Å².